The molecule has 3 heterocycles. The smallest absolute Gasteiger partial charge is 0.404 e. The molecule has 21 heavy (non-hydrogen) atoms. The number of ether oxygens (including phenoxy) is 1. The number of para-hydroxylation sites is 1. The molecule has 2 fully saturated rings. The number of anilines is 1. The molecule has 2 N–H and O–H groups in total. The largest absolute Gasteiger partial charge is 0.465 e. The number of hydrogen-bond acceptors (Lipinski definition) is 3. The Morgan fingerprint density at radius 3 is 2.95 bits per heavy atom. The van der Waals surface area contributed by atoms with Gasteiger partial charge in [-0.2, -0.15) is 0 Å². The number of fused-ring (bicyclic) bond motifs is 5. The summed E-state index contributed by atoms with van der Waals surface area (Å²) >= 11 is 0. The number of hydrogen-bond donors (Lipinski definition) is 2. The lowest BCUT2D eigenvalue weighted by Crippen LogP contribution is -2.46. The molecule has 0 aliphatic carbocycles. The number of amides is 1. The Bertz CT molecular complexity index is 588. The number of benzene rings is 1. The summed E-state index contributed by atoms with van der Waals surface area (Å²) in [6, 6.07) is 10.4. The summed E-state index contributed by atoms with van der Waals surface area (Å²) in [5.74, 6) is 0.797. The van der Waals surface area contributed by atoms with Crippen molar-refractivity contribution in [1.29, 1.82) is 0 Å². The molecule has 2 saturated heterocycles. The highest BCUT2D eigenvalue weighted by Crippen LogP contribution is 2.50. The molecule has 0 aromatic heterocycles. The summed E-state index contributed by atoms with van der Waals surface area (Å²) in [5.41, 5.74) is 0.768. The lowest BCUT2D eigenvalue weighted by Gasteiger charge is -2.30. The molecule has 1 aromatic rings. The minimum atomic E-state index is -0.994. The molecule has 4 rings (SSSR count). The van der Waals surface area contributed by atoms with E-state index in [1.807, 2.05) is 6.07 Å². The molecule has 0 spiro atoms. The third-order valence-electron chi connectivity index (χ3n) is 4.98. The number of nitrogens with one attached hydrogen (secondary N) is 1. The zero-order valence-electron chi connectivity index (χ0n) is 11.6. The quantitative estimate of drug-likeness (QED) is 0.831. The first-order chi connectivity index (χ1) is 10.2. The van der Waals surface area contributed by atoms with Crippen LogP contribution in [0.5, 0.6) is 0 Å². The summed E-state index contributed by atoms with van der Waals surface area (Å²) in [6.07, 6.45) is 3.29. The van der Waals surface area contributed by atoms with Crippen LogP contribution >= 0.6 is 0 Å². The van der Waals surface area contributed by atoms with E-state index in [0.29, 0.717) is 18.4 Å². The summed E-state index contributed by atoms with van der Waals surface area (Å²) in [5, 5.41) is 11.4. The van der Waals surface area contributed by atoms with E-state index in [1.54, 1.807) is 0 Å². The number of nitrogens with zero attached hydrogens (tertiary/aromatic N) is 1. The molecule has 1 amide bonds. The van der Waals surface area contributed by atoms with Crippen molar-refractivity contribution in [3.05, 3.63) is 42.5 Å². The van der Waals surface area contributed by atoms with Gasteiger partial charge in [0.25, 0.3) is 0 Å². The number of carbonyl (C=O) groups is 1. The van der Waals surface area contributed by atoms with Crippen LogP contribution in [0.3, 0.4) is 0 Å². The fraction of sp³-hybridized carbons (Fsp3) is 0.438. The summed E-state index contributed by atoms with van der Waals surface area (Å²) in [4.78, 5) is 13.2. The minimum absolute atomic E-state index is 0.124. The van der Waals surface area contributed by atoms with Crippen LogP contribution in [0.1, 0.15) is 0 Å². The summed E-state index contributed by atoms with van der Waals surface area (Å²) in [6.45, 7) is 2.22. The molecule has 110 valence electrons. The zero-order valence-corrected chi connectivity index (χ0v) is 11.6. The van der Waals surface area contributed by atoms with Gasteiger partial charge in [0.1, 0.15) is 5.60 Å². The topological polar surface area (TPSA) is 61.8 Å². The Balaban J connectivity index is 1.55. The van der Waals surface area contributed by atoms with Gasteiger partial charge in [-0.25, -0.2) is 4.79 Å². The van der Waals surface area contributed by atoms with Gasteiger partial charge in [-0.15, -0.1) is 0 Å². The van der Waals surface area contributed by atoms with E-state index in [0.717, 1.165) is 13.1 Å². The van der Waals surface area contributed by atoms with Crippen LogP contribution in [-0.2, 0) is 4.74 Å². The van der Waals surface area contributed by atoms with Gasteiger partial charge in [-0.1, -0.05) is 30.4 Å². The Labute approximate surface area is 123 Å². The van der Waals surface area contributed by atoms with E-state index in [-0.39, 0.29) is 6.10 Å². The lowest BCUT2D eigenvalue weighted by atomic mass is 9.77. The molecule has 4 atom stereocenters. The van der Waals surface area contributed by atoms with Crippen molar-refractivity contribution in [2.24, 2.45) is 11.8 Å². The summed E-state index contributed by atoms with van der Waals surface area (Å²) < 4.78 is 6.10. The van der Waals surface area contributed by atoms with E-state index in [4.69, 9.17) is 9.84 Å². The molecule has 0 radical (unpaired) electrons. The molecule has 2 bridgehead atoms. The van der Waals surface area contributed by atoms with Crippen molar-refractivity contribution in [2.75, 3.05) is 24.5 Å². The molecular weight excluding hydrogens is 268 g/mol. The highest BCUT2D eigenvalue weighted by atomic mass is 16.5. The maximum Gasteiger partial charge on any atom is 0.404 e. The van der Waals surface area contributed by atoms with E-state index >= 15 is 0 Å². The van der Waals surface area contributed by atoms with Crippen LogP contribution < -0.4 is 10.2 Å². The SMILES string of the molecule is O=C(O)NCC12C=CC(O1)C1CN(c3ccccc3)CC12. The lowest BCUT2D eigenvalue weighted by molar-refractivity contribution is 0.0124. The van der Waals surface area contributed by atoms with Crippen molar-refractivity contribution < 1.29 is 14.6 Å². The monoisotopic (exact) mass is 286 g/mol. The Hall–Kier alpha value is -2.01. The van der Waals surface area contributed by atoms with Crippen LogP contribution in [-0.4, -0.2) is 42.5 Å². The van der Waals surface area contributed by atoms with Crippen LogP contribution in [0, 0.1) is 11.8 Å². The van der Waals surface area contributed by atoms with E-state index in [2.05, 4.69) is 46.6 Å². The summed E-state index contributed by atoms with van der Waals surface area (Å²) in [7, 11) is 0. The van der Waals surface area contributed by atoms with Crippen LogP contribution in [0.25, 0.3) is 0 Å². The molecule has 5 nitrogen and oxygen atoms in total. The molecule has 0 saturated carbocycles. The predicted molar refractivity (Wildman–Crippen MR) is 78.4 cm³/mol. The Morgan fingerprint density at radius 1 is 1.38 bits per heavy atom. The van der Waals surface area contributed by atoms with Crippen molar-refractivity contribution in [1.82, 2.24) is 5.32 Å². The second-order valence-electron chi connectivity index (χ2n) is 6.07. The molecule has 5 heteroatoms. The van der Waals surface area contributed by atoms with Crippen molar-refractivity contribution >= 4 is 11.8 Å². The molecule has 1 aromatic carbocycles. The van der Waals surface area contributed by atoms with Crippen LogP contribution in [0.2, 0.25) is 0 Å². The number of carboxylic acid groups (broad SMARTS) is 1. The first kappa shape index (κ1) is 12.7. The number of rotatable bonds is 3. The third-order valence-corrected chi connectivity index (χ3v) is 4.98. The van der Waals surface area contributed by atoms with Gasteiger partial charge in [-0.3, -0.25) is 0 Å². The van der Waals surface area contributed by atoms with Crippen LogP contribution in [0.4, 0.5) is 10.5 Å². The van der Waals surface area contributed by atoms with E-state index in [9.17, 15) is 4.79 Å². The van der Waals surface area contributed by atoms with Gasteiger partial charge in [0.05, 0.1) is 12.6 Å². The first-order valence-corrected chi connectivity index (χ1v) is 7.32. The van der Waals surface area contributed by atoms with E-state index < -0.39 is 11.7 Å². The van der Waals surface area contributed by atoms with Gasteiger partial charge in [0.2, 0.25) is 0 Å². The third kappa shape index (κ3) is 1.92. The maximum absolute atomic E-state index is 10.8. The van der Waals surface area contributed by atoms with Crippen molar-refractivity contribution in [2.45, 2.75) is 11.7 Å². The molecule has 3 aliphatic rings. The highest BCUT2D eigenvalue weighted by Gasteiger charge is 2.59. The van der Waals surface area contributed by atoms with Gasteiger partial charge in [0.15, 0.2) is 0 Å². The van der Waals surface area contributed by atoms with Crippen LogP contribution in [0.15, 0.2) is 42.5 Å². The second kappa shape index (κ2) is 4.49. The van der Waals surface area contributed by atoms with Crippen molar-refractivity contribution in [3.8, 4) is 0 Å². The Kier molecular flexibility index (Phi) is 2.72. The van der Waals surface area contributed by atoms with Gasteiger partial charge in [0, 0.05) is 30.6 Å². The average Bonchev–Trinajstić information content (AvgIpc) is 3.17. The van der Waals surface area contributed by atoms with Gasteiger partial charge < -0.3 is 20.1 Å². The standard InChI is InChI=1S/C16H18N2O3/c19-15(20)17-10-16-7-6-14(21-16)12-8-18(9-13(12)16)11-4-2-1-3-5-11/h1-7,12-14,17H,8-10H2,(H,19,20). The minimum Gasteiger partial charge on any atom is -0.465 e. The highest BCUT2D eigenvalue weighted by molar-refractivity contribution is 5.64. The molecule has 3 aliphatic heterocycles. The zero-order chi connectivity index (χ0) is 14.4. The second-order valence-corrected chi connectivity index (χ2v) is 6.07. The predicted octanol–water partition coefficient (Wildman–Crippen LogP) is 1.71. The Morgan fingerprint density at radius 2 is 2.19 bits per heavy atom. The van der Waals surface area contributed by atoms with Crippen molar-refractivity contribution in [3.63, 3.8) is 0 Å². The first-order valence-electron chi connectivity index (χ1n) is 7.32. The van der Waals surface area contributed by atoms with E-state index in [1.165, 1.54) is 5.69 Å². The average molecular weight is 286 g/mol. The molecular formula is C16H18N2O3. The fourth-order valence-corrected chi connectivity index (χ4v) is 4.00. The maximum atomic E-state index is 10.8. The molecule has 4 unspecified atom stereocenters. The van der Waals surface area contributed by atoms with Gasteiger partial charge in [-0.05, 0) is 12.1 Å². The van der Waals surface area contributed by atoms with Gasteiger partial charge >= 0.3 is 6.09 Å². The normalized spacial score (nSPS) is 36.0. The fourth-order valence-electron chi connectivity index (χ4n) is 4.00.